The van der Waals surface area contributed by atoms with Gasteiger partial charge in [0.25, 0.3) is 0 Å². The van der Waals surface area contributed by atoms with Crippen molar-refractivity contribution >= 4 is 34.0 Å². The summed E-state index contributed by atoms with van der Waals surface area (Å²) in [6.07, 6.45) is 0. The van der Waals surface area contributed by atoms with Crippen LogP contribution in [0.2, 0.25) is 5.02 Å². The first-order valence-corrected chi connectivity index (χ1v) is 7.46. The Bertz CT molecular complexity index is 783. The summed E-state index contributed by atoms with van der Waals surface area (Å²) in [6, 6.07) is 19.9. The number of halogens is 2. The Balaban J connectivity index is 2.00. The molecule has 0 bridgehead atoms. The average Bonchev–Trinajstić information content (AvgIpc) is 2.53. The summed E-state index contributed by atoms with van der Waals surface area (Å²) in [5.41, 5.74) is 2.05. The number of hydrogen-bond donors (Lipinski definition) is 0. The van der Waals surface area contributed by atoms with Gasteiger partial charge in [0.2, 0.25) is 0 Å². The molecule has 3 aromatic carbocycles. The van der Waals surface area contributed by atoms with Crippen LogP contribution in [0.25, 0.3) is 10.8 Å². The largest absolute Gasteiger partial charge is 0.497 e. The monoisotopic (exact) mass is 316 g/mol. The number of benzene rings is 3. The zero-order valence-corrected chi connectivity index (χ0v) is 13.0. The van der Waals surface area contributed by atoms with Crippen molar-refractivity contribution in [3.05, 3.63) is 76.8 Å². The van der Waals surface area contributed by atoms with E-state index >= 15 is 0 Å². The van der Waals surface area contributed by atoms with E-state index in [-0.39, 0.29) is 5.38 Å². The van der Waals surface area contributed by atoms with Gasteiger partial charge in [-0.2, -0.15) is 0 Å². The second kappa shape index (κ2) is 5.97. The third-order valence-corrected chi connectivity index (χ3v) is 4.24. The first-order valence-electron chi connectivity index (χ1n) is 6.64. The summed E-state index contributed by atoms with van der Waals surface area (Å²) in [4.78, 5) is 0. The molecule has 0 radical (unpaired) electrons. The fourth-order valence-corrected chi connectivity index (χ4v) is 2.85. The van der Waals surface area contributed by atoms with Crippen LogP contribution in [0.5, 0.6) is 5.75 Å². The minimum Gasteiger partial charge on any atom is -0.497 e. The number of ether oxygens (including phenoxy) is 1. The lowest BCUT2D eigenvalue weighted by Gasteiger charge is -2.12. The van der Waals surface area contributed by atoms with Gasteiger partial charge in [-0.25, -0.2) is 0 Å². The highest BCUT2D eigenvalue weighted by molar-refractivity contribution is 6.30. The summed E-state index contributed by atoms with van der Waals surface area (Å²) in [6.45, 7) is 0. The topological polar surface area (TPSA) is 9.23 Å². The van der Waals surface area contributed by atoms with Crippen LogP contribution in [-0.4, -0.2) is 7.11 Å². The van der Waals surface area contributed by atoms with E-state index in [0.717, 1.165) is 27.6 Å². The molecular weight excluding hydrogens is 303 g/mol. The van der Waals surface area contributed by atoms with E-state index in [1.165, 1.54) is 0 Å². The number of fused-ring (bicyclic) bond motifs is 1. The number of rotatable bonds is 3. The summed E-state index contributed by atoms with van der Waals surface area (Å²) in [7, 11) is 1.67. The van der Waals surface area contributed by atoms with Crippen molar-refractivity contribution in [1.82, 2.24) is 0 Å². The molecule has 0 aromatic heterocycles. The zero-order valence-electron chi connectivity index (χ0n) is 11.5. The quantitative estimate of drug-likeness (QED) is 0.552. The van der Waals surface area contributed by atoms with E-state index in [9.17, 15) is 0 Å². The van der Waals surface area contributed by atoms with Gasteiger partial charge in [0.1, 0.15) is 5.75 Å². The Morgan fingerprint density at radius 3 is 2.33 bits per heavy atom. The predicted octanol–water partition coefficient (Wildman–Crippen LogP) is 5.83. The third kappa shape index (κ3) is 2.99. The molecule has 0 amide bonds. The van der Waals surface area contributed by atoms with Crippen molar-refractivity contribution in [2.24, 2.45) is 0 Å². The van der Waals surface area contributed by atoms with Gasteiger partial charge in [-0.1, -0.05) is 41.9 Å². The first-order chi connectivity index (χ1) is 10.2. The molecule has 1 atom stereocenters. The summed E-state index contributed by atoms with van der Waals surface area (Å²) in [5, 5.41) is 2.76. The van der Waals surface area contributed by atoms with Gasteiger partial charge in [0.15, 0.2) is 0 Å². The Hall–Kier alpha value is -1.70. The van der Waals surface area contributed by atoms with E-state index in [1.54, 1.807) is 7.11 Å². The normalized spacial score (nSPS) is 12.3. The highest BCUT2D eigenvalue weighted by atomic mass is 35.5. The van der Waals surface area contributed by atoms with E-state index in [4.69, 9.17) is 27.9 Å². The fraction of sp³-hybridized carbons (Fsp3) is 0.111. The van der Waals surface area contributed by atoms with Crippen LogP contribution in [0.4, 0.5) is 0 Å². The lowest BCUT2D eigenvalue weighted by atomic mass is 10.0. The van der Waals surface area contributed by atoms with Gasteiger partial charge in [0.05, 0.1) is 12.5 Å². The van der Waals surface area contributed by atoms with Crippen molar-refractivity contribution in [1.29, 1.82) is 0 Å². The number of methoxy groups -OCH3 is 1. The van der Waals surface area contributed by atoms with Crippen LogP contribution in [-0.2, 0) is 0 Å². The molecule has 0 aliphatic heterocycles. The zero-order chi connectivity index (χ0) is 14.8. The van der Waals surface area contributed by atoms with Crippen molar-refractivity contribution in [2.45, 2.75) is 5.38 Å². The maximum absolute atomic E-state index is 6.58. The predicted molar refractivity (Wildman–Crippen MR) is 89.6 cm³/mol. The molecule has 21 heavy (non-hydrogen) atoms. The molecular formula is C18H14Cl2O. The van der Waals surface area contributed by atoms with E-state index in [0.29, 0.717) is 5.02 Å². The second-order valence-electron chi connectivity index (χ2n) is 4.89. The van der Waals surface area contributed by atoms with Crippen molar-refractivity contribution < 1.29 is 4.74 Å². The molecule has 106 valence electrons. The SMILES string of the molecule is COc1ccc2cc(C(Cl)c3cccc(Cl)c3)ccc2c1. The number of hydrogen-bond acceptors (Lipinski definition) is 1. The molecule has 0 saturated carbocycles. The Kier molecular flexibility index (Phi) is 4.05. The highest BCUT2D eigenvalue weighted by Gasteiger charge is 2.11. The van der Waals surface area contributed by atoms with E-state index in [2.05, 4.69) is 12.1 Å². The summed E-state index contributed by atoms with van der Waals surface area (Å²) < 4.78 is 5.24. The molecule has 0 spiro atoms. The molecule has 0 heterocycles. The molecule has 3 rings (SSSR count). The van der Waals surface area contributed by atoms with Crippen LogP contribution < -0.4 is 4.74 Å². The Morgan fingerprint density at radius 1 is 0.857 bits per heavy atom. The summed E-state index contributed by atoms with van der Waals surface area (Å²) in [5.74, 6) is 0.854. The van der Waals surface area contributed by atoms with Crippen molar-refractivity contribution in [3.8, 4) is 5.75 Å². The van der Waals surface area contributed by atoms with Crippen LogP contribution >= 0.6 is 23.2 Å². The molecule has 3 heteroatoms. The second-order valence-corrected chi connectivity index (χ2v) is 5.76. The molecule has 0 saturated heterocycles. The van der Waals surface area contributed by atoms with Gasteiger partial charge in [-0.3, -0.25) is 0 Å². The smallest absolute Gasteiger partial charge is 0.119 e. The first kappa shape index (κ1) is 14.2. The van der Waals surface area contributed by atoms with Crippen molar-refractivity contribution in [2.75, 3.05) is 7.11 Å². The fourth-order valence-electron chi connectivity index (χ4n) is 2.38. The third-order valence-electron chi connectivity index (χ3n) is 3.51. The minimum atomic E-state index is -0.213. The van der Waals surface area contributed by atoms with Gasteiger partial charge in [0, 0.05) is 5.02 Å². The Labute approximate surface area is 134 Å². The highest BCUT2D eigenvalue weighted by Crippen LogP contribution is 2.32. The van der Waals surface area contributed by atoms with Crippen LogP contribution in [0.1, 0.15) is 16.5 Å². The molecule has 0 N–H and O–H groups in total. The maximum atomic E-state index is 6.58. The van der Waals surface area contributed by atoms with Gasteiger partial charge in [-0.05, 0) is 52.2 Å². The molecule has 1 nitrogen and oxygen atoms in total. The lowest BCUT2D eigenvalue weighted by Crippen LogP contribution is -1.93. The van der Waals surface area contributed by atoms with Crippen LogP contribution in [0, 0.1) is 0 Å². The Morgan fingerprint density at radius 2 is 1.57 bits per heavy atom. The van der Waals surface area contributed by atoms with E-state index in [1.807, 2.05) is 48.5 Å². The molecule has 0 aliphatic carbocycles. The molecule has 0 fully saturated rings. The summed E-state index contributed by atoms with van der Waals surface area (Å²) >= 11 is 12.6. The van der Waals surface area contributed by atoms with Gasteiger partial charge < -0.3 is 4.74 Å². The average molecular weight is 317 g/mol. The molecule has 1 unspecified atom stereocenters. The van der Waals surface area contributed by atoms with Gasteiger partial charge in [-0.15, -0.1) is 11.6 Å². The standard InChI is InChI=1S/C18H14Cl2O/c1-21-17-8-7-12-9-15(6-5-13(12)11-17)18(20)14-3-2-4-16(19)10-14/h2-11,18H,1H3. The molecule has 3 aromatic rings. The minimum absolute atomic E-state index is 0.213. The van der Waals surface area contributed by atoms with Gasteiger partial charge >= 0.3 is 0 Å². The van der Waals surface area contributed by atoms with E-state index < -0.39 is 0 Å². The number of alkyl halides is 1. The maximum Gasteiger partial charge on any atom is 0.119 e. The van der Waals surface area contributed by atoms with Crippen molar-refractivity contribution in [3.63, 3.8) is 0 Å². The lowest BCUT2D eigenvalue weighted by molar-refractivity contribution is 0.415. The molecule has 0 aliphatic rings. The van der Waals surface area contributed by atoms with Crippen LogP contribution in [0.3, 0.4) is 0 Å². The van der Waals surface area contributed by atoms with Crippen LogP contribution in [0.15, 0.2) is 60.7 Å².